The number of hydrogen-bond acceptors (Lipinski definition) is 5. The fraction of sp³-hybridized carbons (Fsp3) is 0. The van der Waals surface area contributed by atoms with Gasteiger partial charge < -0.3 is 5.73 Å². The van der Waals surface area contributed by atoms with Crippen LogP contribution < -0.4 is 10.5 Å². The molecule has 1 aromatic carbocycles. The van der Waals surface area contributed by atoms with Crippen molar-refractivity contribution in [3.8, 4) is 0 Å². The SMILES string of the molecule is NC(=O)c1ccc(S(=O)(=O)Nc2cnc(Br)cn2)cc1. The number of carbonyl (C=O) groups excluding carboxylic acids is 1. The van der Waals surface area contributed by atoms with Crippen LogP contribution in [0.4, 0.5) is 5.82 Å². The minimum absolute atomic E-state index is 0.00720. The van der Waals surface area contributed by atoms with E-state index in [9.17, 15) is 13.2 Å². The number of carbonyl (C=O) groups is 1. The van der Waals surface area contributed by atoms with Crippen LogP contribution in [0.1, 0.15) is 10.4 Å². The summed E-state index contributed by atoms with van der Waals surface area (Å²) in [7, 11) is -3.79. The first-order chi connectivity index (χ1) is 9.38. The summed E-state index contributed by atoms with van der Waals surface area (Å²) in [6.07, 6.45) is 2.65. The van der Waals surface area contributed by atoms with Crippen LogP contribution in [0, 0.1) is 0 Å². The Hall–Kier alpha value is -2.00. The number of hydrogen-bond donors (Lipinski definition) is 2. The number of sulfonamides is 1. The van der Waals surface area contributed by atoms with Gasteiger partial charge in [-0.1, -0.05) is 0 Å². The molecule has 0 spiro atoms. The number of primary amides is 1. The molecular formula is C11H9BrN4O3S. The van der Waals surface area contributed by atoms with Gasteiger partial charge in [0, 0.05) is 5.56 Å². The molecule has 1 aromatic heterocycles. The van der Waals surface area contributed by atoms with Crippen molar-refractivity contribution in [1.29, 1.82) is 0 Å². The van der Waals surface area contributed by atoms with E-state index < -0.39 is 15.9 Å². The Morgan fingerprint density at radius 2 is 1.80 bits per heavy atom. The monoisotopic (exact) mass is 356 g/mol. The predicted octanol–water partition coefficient (Wildman–Crippen LogP) is 1.14. The van der Waals surface area contributed by atoms with Crippen molar-refractivity contribution in [2.45, 2.75) is 4.90 Å². The quantitative estimate of drug-likeness (QED) is 0.851. The van der Waals surface area contributed by atoms with Crippen LogP contribution in [0.15, 0.2) is 46.2 Å². The lowest BCUT2D eigenvalue weighted by molar-refractivity contribution is 0.1000. The van der Waals surface area contributed by atoms with E-state index in [1.807, 2.05) is 0 Å². The van der Waals surface area contributed by atoms with Crippen molar-refractivity contribution in [3.63, 3.8) is 0 Å². The highest BCUT2D eigenvalue weighted by molar-refractivity contribution is 9.10. The van der Waals surface area contributed by atoms with Gasteiger partial charge in [0.15, 0.2) is 5.82 Å². The molecule has 0 unspecified atom stereocenters. The first-order valence-electron chi connectivity index (χ1n) is 5.29. The van der Waals surface area contributed by atoms with E-state index in [1.165, 1.54) is 36.7 Å². The van der Waals surface area contributed by atoms with Gasteiger partial charge in [-0.15, -0.1) is 0 Å². The second-order valence-corrected chi connectivity index (χ2v) is 6.21. The summed E-state index contributed by atoms with van der Waals surface area (Å²) >= 11 is 3.10. The average molecular weight is 357 g/mol. The van der Waals surface area contributed by atoms with Crippen molar-refractivity contribution in [2.24, 2.45) is 5.73 Å². The first kappa shape index (κ1) is 14.4. The highest BCUT2D eigenvalue weighted by atomic mass is 79.9. The molecule has 0 saturated carbocycles. The van der Waals surface area contributed by atoms with Gasteiger partial charge in [-0.25, -0.2) is 18.4 Å². The van der Waals surface area contributed by atoms with Crippen molar-refractivity contribution in [3.05, 3.63) is 46.8 Å². The third-order valence-corrected chi connectivity index (χ3v) is 4.09. The molecule has 1 amide bonds. The third-order valence-electron chi connectivity index (χ3n) is 2.31. The second kappa shape index (κ2) is 5.55. The molecule has 7 nitrogen and oxygen atoms in total. The fourth-order valence-electron chi connectivity index (χ4n) is 1.36. The summed E-state index contributed by atoms with van der Waals surface area (Å²) in [5.41, 5.74) is 5.31. The van der Waals surface area contributed by atoms with Gasteiger partial charge in [-0.3, -0.25) is 9.52 Å². The van der Waals surface area contributed by atoms with Gasteiger partial charge >= 0.3 is 0 Å². The minimum Gasteiger partial charge on any atom is -0.366 e. The van der Waals surface area contributed by atoms with E-state index in [2.05, 4.69) is 30.6 Å². The van der Waals surface area contributed by atoms with E-state index in [4.69, 9.17) is 5.73 Å². The van der Waals surface area contributed by atoms with E-state index in [0.717, 1.165) is 0 Å². The minimum atomic E-state index is -3.79. The largest absolute Gasteiger partial charge is 0.366 e. The summed E-state index contributed by atoms with van der Waals surface area (Å²) in [5.74, 6) is -0.534. The molecule has 9 heteroatoms. The van der Waals surface area contributed by atoms with E-state index >= 15 is 0 Å². The highest BCUT2D eigenvalue weighted by Crippen LogP contribution is 2.15. The summed E-state index contributed by atoms with van der Waals surface area (Å²) in [6.45, 7) is 0. The molecule has 2 rings (SSSR count). The maximum absolute atomic E-state index is 12.1. The van der Waals surface area contributed by atoms with Crippen LogP contribution in [-0.2, 0) is 10.0 Å². The molecule has 104 valence electrons. The van der Waals surface area contributed by atoms with Gasteiger partial charge in [0.1, 0.15) is 4.60 Å². The van der Waals surface area contributed by atoms with Crippen molar-refractivity contribution < 1.29 is 13.2 Å². The molecule has 2 aromatic rings. The molecule has 20 heavy (non-hydrogen) atoms. The number of benzene rings is 1. The van der Waals surface area contributed by atoms with Crippen LogP contribution in [0.25, 0.3) is 0 Å². The zero-order chi connectivity index (χ0) is 14.8. The number of nitrogens with zero attached hydrogens (tertiary/aromatic N) is 2. The van der Waals surface area contributed by atoms with E-state index in [1.54, 1.807) is 0 Å². The molecule has 0 atom stereocenters. The van der Waals surface area contributed by atoms with Crippen molar-refractivity contribution in [2.75, 3.05) is 4.72 Å². The smallest absolute Gasteiger partial charge is 0.263 e. The molecule has 0 radical (unpaired) electrons. The molecule has 0 aliphatic rings. The molecule has 0 aliphatic heterocycles. The number of nitrogens with two attached hydrogens (primary N) is 1. The molecule has 3 N–H and O–H groups in total. The van der Waals surface area contributed by atoms with Crippen LogP contribution in [0.5, 0.6) is 0 Å². The predicted molar refractivity (Wildman–Crippen MR) is 75.5 cm³/mol. The van der Waals surface area contributed by atoms with Crippen LogP contribution in [-0.4, -0.2) is 24.3 Å². The van der Waals surface area contributed by atoms with Crippen molar-refractivity contribution in [1.82, 2.24) is 9.97 Å². The third kappa shape index (κ3) is 3.31. The number of nitrogens with one attached hydrogen (secondary N) is 1. The zero-order valence-corrected chi connectivity index (χ0v) is 12.3. The lowest BCUT2D eigenvalue weighted by Crippen LogP contribution is -2.15. The van der Waals surface area contributed by atoms with Crippen LogP contribution in [0.3, 0.4) is 0 Å². The summed E-state index contributed by atoms with van der Waals surface area (Å²) in [5, 5.41) is 0. The second-order valence-electron chi connectivity index (χ2n) is 3.72. The van der Waals surface area contributed by atoms with Gasteiger partial charge in [-0.2, -0.15) is 0 Å². The Morgan fingerprint density at radius 3 is 2.30 bits per heavy atom. The Morgan fingerprint density at radius 1 is 1.15 bits per heavy atom. The lowest BCUT2D eigenvalue weighted by Gasteiger charge is -2.07. The molecule has 1 heterocycles. The maximum Gasteiger partial charge on any atom is 0.263 e. The Kier molecular flexibility index (Phi) is 4.00. The van der Waals surface area contributed by atoms with Gasteiger partial charge in [-0.05, 0) is 40.2 Å². The molecular weight excluding hydrogens is 348 g/mol. The zero-order valence-electron chi connectivity index (χ0n) is 9.95. The Labute approximate surface area is 123 Å². The molecule has 0 aliphatic carbocycles. The number of amides is 1. The fourth-order valence-corrected chi connectivity index (χ4v) is 2.56. The molecule has 0 saturated heterocycles. The van der Waals surface area contributed by atoms with Gasteiger partial charge in [0.25, 0.3) is 10.0 Å². The number of rotatable bonds is 4. The summed E-state index contributed by atoms with van der Waals surface area (Å²) in [4.78, 5) is 18.6. The topological polar surface area (TPSA) is 115 Å². The van der Waals surface area contributed by atoms with E-state index in [-0.39, 0.29) is 16.3 Å². The standard InChI is InChI=1S/C11H9BrN4O3S/c12-9-5-15-10(6-14-9)16-20(18,19)8-3-1-7(2-4-8)11(13)17/h1-6H,(H2,13,17)(H,15,16). The normalized spacial score (nSPS) is 11.1. The number of halogens is 1. The average Bonchev–Trinajstić information content (AvgIpc) is 2.41. The van der Waals surface area contributed by atoms with E-state index in [0.29, 0.717) is 4.60 Å². The van der Waals surface area contributed by atoms with Crippen LogP contribution in [0.2, 0.25) is 0 Å². The molecule has 0 fully saturated rings. The maximum atomic E-state index is 12.1. The van der Waals surface area contributed by atoms with Gasteiger partial charge in [0.2, 0.25) is 5.91 Å². The Balaban J connectivity index is 2.26. The Bertz CT molecular complexity index is 729. The molecule has 0 bridgehead atoms. The van der Waals surface area contributed by atoms with Crippen molar-refractivity contribution >= 4 is 37.7 Å². The van der Waals surface area contributed by atoms with Gasteiger partial charge in [0.05, 0.1) is 17.3 Å². The van der Waals surface area contributed by atoms with Crippen LogP contribution >= 0.6 is 15.9 Å². The number of anilines is 1. The number of aromatic nitrogens is 2. The summed E-state index contributed by atoms with van der Waals surface area (Å²) in [6, 6.07) is 5.25. The highest BCUT2D eigenvalue weighted by Gasteiger charge is 2.15. The lowest BCUT2D eigenvalue weighted by atomic mass is 10.2. The first-order valence-corrected chi connectivity index (χ1v) is 7.56. The summed E-state index contributed by atoms with van der Waals surface area (Å²) < 4.78 is 26.9.